The normalized spacial score (nSPS) is 10.5. The summed E-state index contributed by atoms with van der Waals surface area (Å²) in [6.45, 7) is 2.11. The first-order valence-electron chi connectivity index (χ1n) is 6.04. The van der Waals surface area contributed by atoms with Crippen LogP contribution in [0.1, 0.15) is 24.6 Å². The summed E-state index contributed by atoms with van der Waals surface area (Å²) in [7, 11) is 0. The van der Waals surface area contributed by atoms with Gasteiger partial charge in [0.05, 0.1) is 18.4 Å². The van der Waals surface area contributed by atoms with E-state index in [0.717, 1.165) is 23.4 Å². The Balaban J connectivity index is 2.21. The highest BCUT2D eigenvalue weighted by atomic mass is 16.4. The Labute approximate surface area is 106 Å². The highest BCUT2D eigenvalue weighted by Crippen LogP contribution is 2.22. The number of imidazole rings is 1. The second-order valence-electron chi connectivity index (χ2n) is 4.17. The first kappa shape index (κ1) is 12.4. The smallest absolute Gasteiger partial charge is 0.303 e. The van der Waals surface area contributed by atoms with Crippen molar-refractivity contribution in [1.82, 2.24) is 9.97 Å². The van der Waals surface area contributed by atoms with Gasteiger partial charge in [-0.2, -0.15) is 0 Å². The van der Waals surface area contributed by atoms with Crippen molar-refractivity contribution in [2.45, 2.75) is 26.2 Å². The van der Waals surface area contributed by atoms with E-state index in [9.17, 15) is 4.79 Å². The third-order valence-corrected chi connectivity index (χ3v) is 2.94. The molecule has 18 heavy (non-hydrogen) atoms. The zero-order valence-electron chi connectivity index (χ0n) is 10.3. The summed E-state index contributed by atoms with van der Waals surface area (Å²) >= 11 is 0. The number of aryl methyl sites for hydroxylation is 2. The molecule has 2 rings (SSSR count). The lowest BCUT2D eigenvalue weighted by Crippen LogP contribution is -1.99. The summed E-state index contributed by atoms with van der Waals surface area (Å²) in [6, 6.07) is 8.20. The second kappa shape index (κ2) is 5.49. The van der Waals surface area contributed by atoms with Gasteiger partial charge in [0.2, 0.25) is 0 Å². The molecular weight excluding hydrogens is 228 g/mol. The van der Waals surface area contributed by atoms with Gasteiger partial charge < -0.3 is 10.1 Å². The van der Waals surface area contributed by atoms with Crippen molar-refractivity contribution in [3.63, 3.8) is 0 Å². The number of carbonyl (C=O) groups is 1. The first-order valence-corrected chi connectivity index (χ1v) is 6.04. The molecule has 4 heteroatoms. The van der Waals surface area contributed by atoms with Crippen LogP contribution in [0, 0.1) is 0 Å². The van der Waals surface area contributed by atoms with Gasteiger partial charge in [-0.25, -0.2) is 4.98 Å². The number of hydrogen-bond acceptors (Lipinski definition) is 2. The molecule has 0 amide bonds. The number of carboxylic acid groups (broad SMARTS) is 1. The fourth-order valence-corrected chi connectivity index (χ4v) is 1.89. The van der Waals surface area contributed by atoms with Crippen LogP contribution in [0.5, 0.6) is 0 Å². The number of aliphatic carboxylic acids is 1. The topological polar surface area (TPSA) is 66.0 Å². The largest absolute Gasteiger partial charge is 0.481 e. The van der Waals surface area contributed by atoms with Gasteiger partial charge in [-0.05, 0) is 12.0 Å². The Kier molecular flexibility index (Phi) is 3.77. The molecule has 0 radical (unpaired) electrons. The summed E-state index contributed by atoms with van der Waals surface area (Å²) in [5, 5.41) is 8.71. The summed E-state index contributed by atoms with van der Waals surface area (Å²) in [5.41, 5.74) is 4.02. The van der Waals surface area contributed by atoms with Crippen molar-refractivity contribution < 1.29 is 9.90 Å². The number of carboxylic acids is 1. The molecule has 1 heterocycles. The van der Waals surface area contributed by atoms with E-state index in [-0.39, 0.29) is 6.42 Å². The van der Waals surface area contributed by atoms with E-state index >= 15 is 0 Å². The van der Waals surface area contributed by atoms with E-state index in [1.807, 2.05) is 12.1 Å². The van der Waals surface area contributed by atoms with Crippen LogP contribution in [0.15, 0.2) is 30.6 Å². The molecule has 0 unspecified atom stereocenters. The minimum absolute atomic E-state index is 0.113. The molecule has 1 aromatic carbocycles. The molecule has 0 saturated heterocycles. The van der Waals surface area contributed by atoms with Gasteiger partial charge in [0.25, 0.3) is 0 Å². The van der Waals surface area contributed by atoms with Gasteiger partial charge in [0, 0.05) is 17.7 Å². The molecule has 94 valence electrons. The van der Waals surface area contributed by atoms with E-state index in [1.165, 1.54) is 5.56 Å². The molecule has 0 fully saturated rings. The zero-order chi connectivity index (χ0) is 13.0. The van der Waals surface area contributed by atoms with Gasteiger partial charge in [0.15, 0.2) is 0 Å². The Bertz CT molecular complexity index is 529. The van der Waals surface area contributed by atoms with Crippen molar-refractivity contribution in [2.24, 2.45) is 0 Å². The predicted molar refractivity (Wildman–Crippen MR) is 69.4 cm³/mol. The Morgan fingerprint density at radius 3 is 2.67 bits per heavy atom. The van der Waals surface area contributed by atoms with E-state index in [0.29, 0.717) is 6.42 Å². The van der Waals surface area contributed by atoms with Gasteiger partial charge in [-0.15, -0.1) is 0 Å². The van der Waals surface area contributed by atoms with Gasteiger partial charge in [-0.1, -0.05) is 31.2 Å². The number of aromatic nitrogens is 2. The second-order valence-corrected chi connectivity index (χ2v) is 4.17. The molecule has 0 aliphatic heterocycles. The maximum Gasteiger partial charge on any atom is 0.303 e. The summed E-state index contributed by atoms with van der Waals surface area (Å²) in [6.07, 6.45) is 3.20. The average molecular weight is 244 g/mol. The molecule has 0 aliphatic rings. The summed E-state index contributed by atoms with van der Waals surface area (Å²) in [5.74, 6) is -0.795. The number of H-pyrrole nitrogens is 1. The van der Waals surface area contributed by atoms with Crippen molar-refractivity contribution >= 4 is 5.97 Å². The molecule has 0 aliphatic carbocycles. The van der Waals surface area contributed by atoms with E-state index < -0.39 is 5.97 Å². The van der Waals surface area contributed by atoms with Crippen molar-refractivity contribution in [1.29, 1.82) is 0 Å². The molecular formula is C14H16N2O2. The maximum atomic E-state index is 10.6. The van der Waals surface area contributed by atoms with Crippen LogP contribution in [0.2, 0.25) is 0 Å². The van der Waals surface area contributed by atoms with Gasteiger partial charge >= 0.3 is 5.97 Å². The molecule has 0 atom stereocenters. The van der Waals surface area contributed by atoms with Gasteiger partial charge in [0.1, 0.15) is 0 Å². The minimum atomic E-state index is -0.795. The molecule has 4 nitrogen and oxygen atoms in total. The van der Waals surface area contributed by atoms with Crippen LogP contribution in [-0.4, -0.2) is 21.0 Å². The molecule has 1 aromatic heterocycles. The molecule has 2 N–H and O–H groups in total. The number of benzene rings is 1. The monoisotopic (exact) mass is 244 g/mol. The highest BCUT2D eigenvalue weighted by Gasteiger charge is 2.09. The lowest BCUT2D eigenvalue weighted by atomic mass is 10.0. The number of nitrogens with one attached hydrogen (secondary N) is 1. The Morgan fingerprint density at radius 1 is 1.33 bits per heavy atom. The van der Waals surface area contributed by atoms with Crippen molar-refractivity contribution in [3.05, 3.63) is 41.9 Å². The average Bonchev–Trinajstić information content (AvgIpc) is 2.85. The van der Waals surface area contributed by atoms with Gasteiger partial charge in [-0.3, -0.25) is 4.79 Å². The standard InChI is InChI=1S/C14H16N2O2/c1-2-10-3-5-11(6-4-10)14-12(15-9-16-14)7-8-13(17)18/h3-6,9H,2,7-8H2,1H3,(H,15,16)(H,17,18). The Hall–Kier alpha value is -2.10. The number of rotatable bonds is 5. The van der Waals surface area contributed by atoms with E-state index in [2.05, 4.69) is 29.0 Å². The third-order valence-electron chi connectivity index (χ3n) is 2.94. The maximum absolute atomic E-state index is 10.6. The number of nitrogens with zero attached hydrogens (tertiary/aromatic N) is 1. The lowest BCUT2D eigenvalue weighted by molar-refractivity contribution is -0.136. The fraction of sp³-hybridized carbons (Fsp3) is 0.286. The lowest BCUT2D eigenvalue weighted by Gasteiger charge is -2.03. The van der Waals surface area contributed by atoms with Crippen molar-refractivity contribution in [3.8, 4) is 11.3 Å². The quantitative estimate of drug-likeness (QED) is 0.849. The van der Waals surface area contributed by atoms with Crippen LogP contribution < -0.4 is 0 Å². The van der Waals surface area contributed by atoms with E-state index in [4.69, 9.17) is 5.11 Å². The summed E-state index contributed by atoms with van der Waals surface area (Å²) in [4.78, 5) is 17.9. The van der Waals surface area contributed by atoms with Crippen LogP contribution in [-0.2, 0) is 17.6 Å². The fourth-order valence-electron chi connectivity index (χ4n) is 1.89. The van der Waals surface area contributed by atoms with Crippen LogP contribution in [0.3, 0.4) is 0 Å². The first-order chi connectivity index (χ1) is 8.70. The molecule has 0 bridgehead atoms. The van der Waals surface area contributed by atoms with Crippen LogP contribution in [0.4, 0.5) is 0 Å². The van der Waals surface area contributed by atoms with E-state index in [1.54, 1.807) is 6.33 Å². The molecule has 0 spiro atoms. The van der Waals surface area contributed by atoms with Crippen LogP contribution in [0.25, 0.3) is 11.3 Å². The number of hydrogen-bond donors (Lipinski definition) is 2. The molecule has 2 aromatic rings. The molecule has 0 saturated carbocycles. The predicted octanol–water partition coefficient (Wildman–Crippen LogP) is 2.66. The minimum Gasteiger partial charge on any atom is -0.481 e. The zero-order valence-corrected chi connectivity index (χ0v) is 10.3. The highest BCUT2D eigenvalue weighted by molar-refractivity contribution is 5.68. The third kappa shape index (κ3) is 2.77. The van der Waals surface area contributed by atoms with Crippen molar-refractivity contribution in [2.75, 3.05) is 0 Å². The Morgan fingerprint density at radius 2 is 2.06 bits per heavy atom. The van der Waals surface area contributed by atoms with Crippen LogP contribution >= 0.6 is 0 Å². The summed E-state index contributed by atoms with van der Waals surface area (Å²) < 4.78 is 0. The SMILES string of the molecule is CCc1ccc(-c2nc[nH]c2CCC(=O)O)cc1. The number of aromatic amines is 1.